The summed E-state index contributed by atoms with van der Waals surface area (Å²) in [6.45, 7) is 0. The van der Waals surface area contributed by atoms with E-state index in [0.717, 1.165) is 0 Å². The first-order valence-electron chi connectivity index (χ1n) is 10.6. The number of rotatable bonds is 4. The van der Waals surface area contributed by atoms with Crippen LogP contribution < -0.4 is 11.2 Å². The summed E-state index contributed by atoms with van der Waals surface area (Å²) in [6.07, 6.45) is 7.98. The molecule has 0 atom stereocenters. The predicted molar refractivity (Wildman–Crippen MR) is 130 cm³/mol. The number of pyridine rings is 2. The zero-order valence-corrected chi connectivity index (χ0v) is 18.2. The average Bonchev–Trinajstić information content (AvgIpc) is 3.44. The minimum Gasteiger partial charge on any atom is -0.273 e. The zero-order chi connectivity index (χ0) is 24.6. The van der Waals surface area contributed by atoms with Gasteiger partial charge in [0.05, 0.1) is 27.8 Å². The number of nitrogens with one attached hydrogen (secondary N) is 1. The molecule has 0 radical (unpaired) electrons. The van der Waals surface area contributed by atoms with E-state index in [2.05, 4.69) is 35.1 Å². The molecule has 13 nitrogen and oxygen atoms in total. The van der Waals surface area contributed by atoms with Crippen molar-refractivity contribution in [3.8, 4) is 22.9 Å². The molecule has 1 N–H and O–H groups in total. The van der Waals surface area contributed by atoms with Crippen LogP contribution >= 0.6 is 0 Å². The summed E-state index contributed by atoms with van der Waals surface area (Å²) in [5.41, 5.74) is 10.5. The third-order valence-electron chi connectivity index (χ3n) is 5.47. The second-order valence-corrected chi connectivity index (χ2v) is 7.61. The number of fused-ring (bicyclic) bond motifs is 3. The van der Waals surface area contributed by atoms with E-state index in [-0.39, 0.29) is 10.9 Å². The number of hydrogen-bond donors (Lipinski definition) is 1. The first-order valence-corrected chi connectivity index (χ1v) is 10.6. The van der Waals surface area contributed by atoms with Gasteiger partial charge in [-0.15, -0.1) is 0 Å². The van der Waals surface area contributed by atoms with E-state index in [4.69, 9.17) is 10.5 Å². The lowest BCUT2D eigenvalue weighted by Crippen LogP contribution is -2.29. The van der Waals surface area contributed by atoms with Gasteiger partial charge in [0.1, 0.15) is 5.52 Å². The number of benzene rings is 1. The van der Waals surface area contributed by atoms with Crippen molar-refractivity contribution in [2.24, 2.45) is 5.11 Å². The molecule has 6 aromatic rings. The largest absolute Gasteiger partial charge is 0.333 e. The number of nitrogens with zero attached hydrogens (tertiary/aromatic N) is 10. The maximum atomic E-state index is 13.0. The van der Waals surface area contributed by atoms with Gasteiger partial charge in [-0.2, -0.15) is 5.10 Å². The van der Waals surface area contributed by atoms with Crippen LogP contribution in [0.1, 0.15) is 0 Å². The standard InChI is InChI=1S/C23H13N11O2/c24-32-31-14-3-1-4-15(9-14)34-20-16(21(35)30-23(34)36)12-25-18-6-5-17(29-19(18)20)13-10-26-22(27-11-13)33-8-2-7-28-33/h1-12H,(H,30,35,36). The van der Waals surface area contributed by atoms with Crippen molar-refractivity contribution in [3.05, 3.63) is 105 Å². The number of aromatic nitrogens is 8. The first-order chi connectivity index (χ1) is 17.6. The van der Waals surface area contributed by atoms with E-state index in [1.165, 1.54) is 21.5 Å². The Morgan fingerprint density at radius 2 is 1.86 bits per heavy atom. The minimum atomic E-state index is -0.669. The topological polar surface area (TPSA) is 173 Å². The third kappa shape index (κ3) is 3.45. The Morgan fingerprint density at radius 3 is 2.64 bits per heavy atom. The van der Waals surface area contributed by atoms with Gasteiger partial charge in [0, 0.05) is 47.1 Å². The van der Waals surface area contributed by atoms with Crippen LogP contribution in [0.3, 0.4) is 0 Å². The Kier molecular flexibility index (Phi) is 4.80. The molecule has 0 aliphatic carbocycles. The van der Waals surface area contributed by atoms with E-state index in [1.807, 2.05) is 0 Å². The monoisotopic (exact) mass is 475 g/mol. The molecular weight excluding hydrogens is 462 g/mol. The summed E-state index contributed by atoms with van der Waals surface area (Å²) in [6, 6.07) is 11.7. The van der Waals surface area contributed by atoms with Gasteiger partial charge < -0.3 is 0 Å². The summed E-state index contributed by atoms with van der Waals surface area (Å²) >= 11 is 0. The van der Waals surface area contributed by atoms with Crippen molar-refractivity contribution >= 4 is 27.6 Å². The molecule has 0 aliphatic rings. The van der Waals surface area contributed by atoms with Crippen molar-refractivity contribution in [2.75, 3.05) is 0 Å². The van der Waals surface area contributed by atoms with E-state index < -0.39 is 11.2 Å². The smallest absolute Gasteiger partial charge is 0.273 e. The van der Waals surface area contributed by atoms with Gasteiger partial charge in [0.25, 0.3) is 5.56 Å². The summed E-state index contributed by atoms with van der Waals surface area (Å²) in [4.78, 5) is 48.6. The Morgan fingerprint density at radius 1 is 1.00 bits per heavy atom. The fraction of sp³-hybridized carbons (Fsp3) is 0. The maximum Gasteiger partial charge on any atom is 0.333 e. The minimum absolute atomic E-state index is 0.172. The van der Waals surface area contributed by atoms with E-state index in [9.17, 15) is 9.59 Å². The summed E-state index contributed by atoms with van der Waals surface area (Å²) in [7, 11) is 0. The lowest BCUT2D eigenvalue weighted by Gasteiger charge is -2.12. The Bertz CT molecular complexity index is 1930. The van der Waals surface area contributed by atoms with Crippen molar-refractivity contribution in [1.29, 1.82) is 0 Å². The number of azide groups is 1. The highest BCUT2D eigenvalue weighted by atomic mass is 16.2. The van der Waals surface area contributed by atoms with Gasteiger partial charge in [0.2, 0.25) is 5.95 Å². The molecule has 0 bridgehead atoms. The van der Waals surface area contributed by atoms with Gasteiger partial charge in [0.15, 0.2) is 0 Å². The van der Waals surface area contributed by atoms with E-state index >= 15 is 0 Å². The Hall–Kier alpha value is -5.68. The number of H-pyrrole nitrogens is 1. The fourth-order valence-electron chi connectivity index (χ4n) is 3.88. The quantitative estimate of drug-likeness (QED) is 0.176. The molecule has 36 heavy (non-hydrogen) atoms. The average molecular weight is 475 g/mol. The second-order valence-electron chi connectivity index (χ2n) is 7.61. The Balaban J connectivity index is 1.60. The maximum absolute atomic E-state index is 13.0. The summed E-state index contributed by atoms with van der Waals surface area (Å²) in [5, 5.41) is 7.89. The summed E-state index contributed by atoms with van der Waals surface area (Å²) in [5.74, 6) is 0.400. The van der Waals surface area contributed by atoms with Crippen molar-refractivity contribution in [2.45, 2.75) is 0 Å². The molecule has 5 aromatic heterocycles. The van der Waals surface area contributed by atoms with Gasteiger partial charge in [-0.25, -0.2) is 24.4 Å². The lowest BCUT2D eigenvalue weighted by molar-refractivity contribution is 0.808. The SMILES string of the molecule is [N-]=[N+]=Nc1cccc(-n2c(=O)[nH]c(=O)c3cnc4ccc(-c5cnc(-n6cccn6)nc5)nc4c32)c1. The third-order valence-corrected chi connectivity index (χ3v) is 5.47. The molecule has 13 heteroatoms. The molecule has 1 aromatic carbocycles. The Labute approximate surface area is 200 Å². The van der Waals surface area contributed by atoms with Crippen LogP contribution in [0, 0.1) is 0 Å². The molecule has 0 unspecified atom stereocenters. The zero-order valence-electron chi connectivity index (χ0n) is 18.2. The van der Waals surface area contributed by atoms with Gasteiger partial charge >= 0.3 is 5.69 Å². The van der Waals surface area contributed by atoms with Crippen molar-refractivity contribution < 1.29 is 0 Å². The van der Waals surface area contributed by atoms with E-state index in [0.29, 0.717) is 39.6 Å². The van der Waals surface area contributed by atoms with Crippen molar-refractivity contribution in [3.63, 3.8) is 0 Å². The van der Waals surface area contributed by atoms with Crippen LogP contribution in [-0.2, 0) is 0 Å². The van der Waals surface area contributed by atoms with Crippen molar-refractivity contribution in [1.82, 2.24) is 39.3 Å². The van der Waals surface area contributed by atoms with Crippen LogP contribution in [0.5, 0.6) is 0 Å². The molecule has 0 saturated heterocycles. The van der Waals surface area contributed by atoms with Crippen LogP contribution in [0.2, 0.25) is 0 Å². The van der Waals surface area contributed by atoms with Crippen LogP contribution in [0.25, 0.3) is 55.3 Å². The molecule has 5 heterocycles. The molecule has 172 valence electrons. The highest BCUT2D eigenvalue weighted by Crippen LogP contribution is 2.26. The second kappa shape index (κ2) is 8.27. The lowest BCUT2D eigenvalue weighted by atomic mass is 10.1. The van der Waals surface area contributed by atoms with Gasteiger partial charge in [-0.3, -0.25) is 19.3 Å². The van der Waals surface area contributed by atoms with Gasteiger partial charge in [-0.05, 0) is 35.9 Å². The number of aromatic amines is 1. The number of hydrogen-bond acceptors (Lipinski definition) is 8. The highest BCUT2D eigenvalue weighted by Gasteiger charge is 2.16. The first kappa shape index (κ1) is 20.9. The fourth-order valence-corrected chi connectivity index (χ4v) is 3.88. The molecule has 0 fully saturated rings. The van der Waals surface area contributed by atoms with Crippen LogP contribution in [-0.4, -0.2) is 39.3 Å². The van der Waals surface area contributed by atoms with Crippen LogP contribution in [0.15, 0.2) is 88.2 Å². The van der Waals surface area contributed by atoms with Crippen LogP contribution in [0.4, 0.5) is 5.69 Å². The molecule has 0 amide bonds. The van der Waals surface area contributed by atoms with E-state index in [1.54, 1.807) is 61.2 Å². The molecule has 0 aliphatic heterocycles. The highest BCUT2D eigenvalue weighted by molar-refractivity contribution is 6.01. The summed E-state index contributed by atoms with van der Waals surface area (Å²) < 4.78 is 2.84. The molecular formula is C23H13N11O2. The molecule has 0 spiro atoms. The molecule has 0 saturated carbocycles. The normalized spacial score (nSPS) is 11.0. The predicted octanol–water partition coefficient (Wildman–Crippen LogP) is 3.21. The van der Waals surface area contributed by atoms with Gasteiger partial charge in [-0.1, -0.05) is 17.2 Å². The molecule has 6 rings (SSSR count).